The Labute approximate surface area is 131 Å². The predicted octanol–water partition coefficient (Wildman–Crippen LogP) is 0.689. The van der Waals surface area contributed by atoms with Crippen molar-refractivity contribution in [2.75, 3.05) is 37.6 Å². The van der Waals surface area contributed by atoms with Gasteiger partial charge in [-0.05, 0) is 31.9 Å². The van der Waals surface area contributed by atoms with Gasteiger partial charge in [0.2, 0.25) is 11.9 Å². The Balaban J connectivity index is 0.00000161. The molecule has 116 valence electrons. The van der Waals surface area contributed by atoms with Gasteiger partial charge in [-0.3, -0.25) is 4.79 Å². The molecule has 2 fully saturated rings. The highest BCUT2D eigenvalue weighted by atomic mass is 35.5. The average Bonchev–Trinajstić information content (AvgIpc) is 2.92. The quantitative estimate of drug-likeness (QED) is 0.871. The number of hydrogen-bond acceptors (Lipinski definition) is 5. The maximum Gasteiger partial charge on any atom is 0.239 e. The number of nitrogens with one attached hydrogen (secondary N) is 1. The van der Waals surface area contributed by atoms with E-state index in [2.05, 4.69) is 20.2 Å². The maximum absolute atomic E-state index is 12.4. The smallest absolute Gasteiger partial charge is 0.239 e. The van der Waals surface area contributed by atoms with E-state index in [0.717, 1.165) is 57.9 Å². The minimum atomic E-state index is 0. The molecule has 1 amide bonds. The average molecular weight is 312 g/mol. The second-order valence-corrected chi connectivity index (χ2v) is 5.36. The van der Waals surface area contributed by atoms with Crippen LogP contribution in [0.25, 0.3) is 0 Å². The SMILES string of the molecule is Cl.O=C([C@@H]1CCCN1)N1CCCN(c2ncccn2)CC1. The molecule has 6 nitrogen and oxygen atoms in total. The Morgan fingerprint density at radius 3 is 2.67 bits per heavy atom. The molecular formula is C14H22ClN5O. The van der Waals surface area contributed by atoms with Crippen molar-refractivity contribution in [3.05, 3.63) is 18.5 Å². The molecule has 0 saturated carbocycles. The summed E-state index contributed by atoms with van der Waals surface area (Å²) in [4.78, 5) is 25.1. The summed E-state index contributed by atoms with van der Waals surface area (Å²) in [6, 6.07) is 1.86. The lowest BCUT2D eigenvalue weighted by molar-refractivity contribution is -0.132. The third-order valence-electron chi connectivity index (χ3n) is 4.00. The molecule has 0 spiro atoms. The number of halogens is 1. The number of rotatable bonds is 2. The van der Waals surface area contributed by atoms with Crippen LogP contribution in [0.2, 0.25) is 0 Å². The number of aromatic nitrogens is 2. The summed E-state index contributed by atoms with van der Waals surface area (Å²) in [5.74, 6) is 1.03. The van der Waals surface area contributed by atoms with Crippen LogP contribution in [0.15, 0.2) is 18.5 Å². The van der Waals surface area contributed by atoms with Crippen LogP contribution in [0, 0.1) is 0 Å². The first-order valence-electron chi connectivity index (χ1n) is 7.39. The zero-order valence-corrected chi connectivity index (χ0v) is 12.9. The molecular weight excluding hydrogens is 290 g/mol. The van der Waals surface area contributed by atoms with Crippen molar-refractivity contribution in [3.8, 4) is 0 Å². The first-order valence-corrected chi connectivity index (χ1v) is 7.39. The Morgan fingerprint density at radius 1 is 1.14 bits per heavy atom. The zero-order valence-electron chi connectivity index (χ0n) is 12.1. The molecule has 0 aromatic carbocycles. The van der Waals surface area contributed by atoms with Crippen molar-refractivity contribution >= 4 is 24.3 Å². The van der Waals surface area contributed by atoms with Gasteiger partial charge in [0.25, 0.3) is 0 Å². The Hall–Kier alpha value is -1.40. The second kappa shape index (κ2) is 7.56. The standard InChI is InChI=1S/C14H21N5O.ClH/c20-13(12-4-1-5-15-12)18-8-3-9-19(11-10-18)14-16-6-2-7-17-14;/h2,6-7,12,15H,1,3-5,8-11H2;1H/t12-;/m0./s1. The van der Waals surface area contributed by atoms with E-state index in [1.807, 2.05) is 11.0 Å². The van der Waals surface area contributed by atoms with Crippen molar-refractivity contribution in [2.45, 2.75) is 25.3 Å². The van der Waals surface area contributed by atoms with Crippen molar-refractivity contribution in [2.24, 2.45) is 0 Å². The number of amides is 1. The summed E-state index contributed by atoms with van der Waals surface area (Å²) in [6.07, 6.45) is 6.57. The number of hydrogen-bond donors (Lipinski definition) is 1. The molecule has 0 aliphatic carbocycles. The van der Waals surface area contributed by atoms with Gasteiger partial charge >= 0.3 is 0 Å². The van der Waals surface area contributed by atoms with E-state index in [0.29, 0.717) is 0 Å². The Kier molecular flexibility index (Phi) is 5.76. The lowest BCUT2D eigenvalue weighted by Gasteiger charge is -2.24. The van der Waals surface area contributed by atoms with Gasteiger partial charge < -0.3 is 15.1 Å². The summed E-state index contributed by atoms with van der Waals surface area (Å²) in [7, 11) is 0. The van der Waals surface area contributed by atoms with Gasteiger partial charge in [0.1, 0.15) is 0 Å². The van der Waals surface area contributed by atoms with E-state index in [9.17, 15) is 4.79 Å². The highest BCUT2D eigenvalue weighted by Crippen LogP contribution is 2.13. The van der Waals surface area contributed by atoms with E-state index in [1.54, 1.807) is 12.4 Å². The van der Waals surface area contributed by atoms with Crippen LogP contribution in [-0.2, 0) is 4.79 Å². The fourth-order valence-electron chi connectivity index (χ4n) is 2.91. The molecule has 3 heterocycles. The van der Waals surface area contributed by atoms with Gasteiger partial charge in [-0.1, -0.05) is 0 Å². The molecule has 1 aromatic heterocycles. The van der Waals surface area contributed by atoms with Crippen LogP contribution in [0.3, 0.4) is 0 Å². The summed E-state index contributed by atoms with van der Waals surface area (Å²) in [5.41, 5.74) is 0. The fraction of sp³-hybridized carbons (Fsp3) is 0.643. The second-order valence-electron chi connectivity index (χ2n) is 5.36. The van der Waals surface area contributed by atoms with Crippen LogP contribution in [0.4, 0.5) is 5.95 Å². The van der Waals surface area contributed by atoms with Crippen molar-refractivity contribution < 1.29 is 4.79 Å². The van der Waals surface area contributed by atoms with Gasteiger partial charge in [-0.2, -0.15) is 0 Å². The van der Waals surface area contributed by atoms with Crippen LogP contribution < -0.4 is 10.2 Å². The molecule has 1 N–H and O–H groups in total. The number of nitrogens with zero attached hydrogens (tertiary/aromatic N) is 4. The first kappa shape index (κ1) is 16.0. The summed E-state index contributed by atoms with van der Waals surface area (Å²) in [6.45, 7) is 4.28. The highest BCUT2D eigenvalue weighted by molar-refractivity contribution is 5.85. The molecule has 0 radical (unpaired) electrons. The van der Waals surface area contributed by atoms with E-state index < -0.39 is 0 Å². The van der Waals surface area contributed by atoms with E-state index in [-0.39, 0.29) is 24.4 Å². The van der Waals surface area contributed by atoms with E-state index >= 15 is 0 Å². The van der Waals surface area contributed by atoms with Gasteiger partial charge in [-0.15, -0.1) is 12.4 Å². The van der Waals surface area contributed by atoms with Crippen molar-refractivity contribution in [1.82, 2.24) is 20.2 Å². The van der Waals surface area contributed by atoms with Gasteiger partial charge in [0, 0.05) is 38.6 Å². The van der Waals surface area contributed by atoms with E-state index in [4.69, 9.17) is 0 Å². The molecule has 0 bridgehead atoms. The van der Waals surface area contributed by atoms with Gasteiger partial charge in [-0.25, -0.2) is 9.97 Å². The minimum absolute atomic E-state index is 0. The minimum Gasteiger partial charge on any atom is -0.340 e. The molecule has 3 rings (SSSR count). The number of carbonyl (C=O) groups excluding carboxylic acids is 1. The summed E-state index contributed by atoms with van der Waals surface area (Å²) in [5, 5.41) is 3.29. The van der Waals surface area contributed by atoms with E-state index in [1.165, 1.54) is 0 Å². The maximum atomic E-state index is 12.4. The normalized spacial score (nSPS) is 22.6. The molecule has 2 aliphatic heterocycles. The Bertz CT molecular complexity index is 452. The van der Waals surface area contributed by atoms with Crippen molar-refractivity contribution in [1.29, 1.82) is 0 Å². The molecule has 1 atom stereocenters. The third kappa shape index (κ3) is 3.83. The van der Waals surface area contributed by atoms with Gasteiger partial charge in [0.15, 0.2) is 0 Å². The first-order chi connectivity index (χ1) is 9.84. The monoisotopic (exact) mass is 311 g/mol. The Morgan fingerprint density at radius 2 is 1.95 bits per heavy atom. The molecule has 1 aromatic rings. The largest absolute Gasteiger partial charge is 0.340 e. The summed E-state index contributed by atoms with van der Waals surface area (Å²) < 4.78 is 0. The predicted molar refractivity (Wildman–Crippen MR) is 83.7 cm³/mol. The highest BCUT2D eigenvalue weighted by Gasteiger charge is 2.28. The van der Waals surface area contributed by atoms with Crippen LogP contribution in [0.5, 0.6) is 0 Å². The molecule has 21 heavy (non-hydrogen) atoms. The van der Waals surface area contributed by atoms with Crippen LogP contribution in [0.1, 0.15) is 19.3 Å². The lowest BCUT2D eigenvalue weighted by Crippen LogP contribution is -2.45. The number of carbonyl (C=O) groups is 1. The molecule has 2 aliphatic rings. The zero-order chi connectivity index (χ0) is 13.8. The fourth-order valence-corrected chi connectivity index (χ4v) is 2.91. The number of anilines is 1. The van der Waals surface area contributed by atoms with Gasteiger partial charge in [0.05, 0.1) is 6.04 Å². The van der Waals surface area contributed by atoms with Crippen molar-refractivity contribution in [3.63, 3.8) is 0 Å². The van der Waals surface area contributed by atoms with Crippen LogP contribution >= 0.6 is 12.4 Å². The van der Waals surface area contributed by atoms with Crippen LogP contribution in [-0.4, -0.2) is 59.5 Å². The summed E-state index contributed by atoms with van der Waals surface area (Å²) >= 11 is 0. The third-order valence-corrected chi connectivity index (χ3v) is 4.00. The lowest BCUT2D eigenvalue weighted by atomic mass is 10.2. The molecule has 0 unspecified atom stereocenters. The topological polar surface area (TPSA) is 61.4 Å². The molecule has 2 saturated heterocycles. The molecule has 7 heteroatoms.